The zero-order chi connectivity index (χ0) is 13.8. The molecule has 0 bridgehead atoms. The maximum absolute atomic E-state index is 12.7. The van der Waals surface area contributed by atoms with Crippen LogP contribution in [0.3, 0.4) is 0 Å². The number of benzene rings is 2. The number of halogens is 2. The third kappa shape index (κ3) is 4.02. The smallest absolute Gasteiger partial charge is 0.189 e. The third-order valence-corrected chi connectivity index (χ3v) is 2.54. The molecule has 0 aliphatic heterocycles. The van der Waals surface area contributed by atoms with Crippen molar-refractivity contribution in [3.63, 3.8) is 0 Å². The van der Waals surface area contributed by atoms with Crippen LogP contribution < -0.4 is 0 Å². The largest absolute Gasteiger partial charge is 0.507 e. The average Bonchev–Trinajstić information content (AvgIpc) is 2.40. The Morgan fingerprint density at radius 3 is 1.70 bits per heavy atom. The molecule has 0 heterocycles. The van der Waals surface area contributed by atoms with Crippen molar-refractivity contribution in [2.24, 2.45) is 0 Å². The summed E-state index contributed by atoms with van der Waals surface area (Å²) in [5, 5.41) is 9.74. The molecule has 0 aromatic heterocycles. The third-order valence-electron chi connectivity index (χ3n) is 2.54. The van der Waals surface area contributed by atoms with Gasteiger partial charge in [-0.05, 0) is 48.5 Å². The van der Waals surface area contributed by atoms with Gasteiger partial charge in [0.2, 0.25) is 0 Å². The SMILES string of the molecule is O=C(/C=C(\O)c1ccc(F)cc1)c1ccc(F)cc1.[Cu]. The van der Waals surface area contributed by atoms with Gasteiger partial charge < -0.3 is 5.11 Å². The second-order valence-corrected chi connectivity index (χ2v) is 3.91. The molecule has 2 aromatic rings. The van der Waals surface area contributed by atoms with E-state index in [0.29, 0.717) is 5.56 Å². The number of carbonyl (C=O) groups excluding carboxylic acids is 1. The molecule has 2 nitrogen and oxygen atoms in total. The molecule has 5 heteroatoms. The molecule has 0 saturated carbocycles. The maximum Gasteiger partial charge on any atom is 0.189 e. The maximum atomic E-state index is 12.7. The van der Waals surface area contributed by atoms with Gasteiger partial charge in [0.15, 0.2) is 5.78 Å². The first kappa shape index (κ1) is 16.1. The van der Waals surface area contributed by atoms with Gasteiger partial charge in [-0.15, -0.1) is 0 Å². The zero-order valence-electron chi connectivity index (χ0n) is 10.1. The number of hydrogen-bond donors (Lipinski definition) is 1. The summed E-state index contributed by atoms with van der Waals surface area (Å²) in [4.78, 5) is 11.8. The molecule has 2 aromatic carbocycles. The summed E-state index contributed by atoms with van der Waals surface area (Å²) in [5.41, 5.74) is 0.590. The van der Waals surface area contributed by atoms with Crippen molar-refractivity contribution in [3.8, 4) is 0 Å². The van der Waals surface area contributed by atoms with Crippen molar-refractivity contribution >= 4 is 11.5 Å². The van der Waals surface area contributed by atoms with Crippen molar-refractivity contribution in [2.75, 3.05) is 0 Å². The number of ketones is 1. The van der Waals surface area contributed by atoms with Crippen LogP contribution >= 0.6 is 0 Å². The second kappa shape index (κ2) is 6.98. The molecule has 1 radical (unpaired) electrons. The number of rotatable bonds is 3. The molecule has 0 saturated heterocycles. The van der Waals surface area contributed by atoms with Crippen molar-refractivity contribution in [1.29, 1.82) is 0 Å². The van der Waals surface area contributed by atoms with E-state index >= 15 is 0 Å². The Balaban J connectivity index is 0.00000200. The van der Waals surface area contributed by atoms with Crippen LogP contribution in [-0.4, -0.2) is 10.9 Å². The molecule has 0 atom stereocenters. The fraction of sp³-hybridized carbons (Fsp3) is 0. The monoisotopic (exact) mass is 323 g/mol. The van der Waals surface area contributed by atoms with Crippen LogP contribution in [0.15, 0.2) is 54.6 Å². The minimum atomic E-state index is -0.457. The van der Waals surface area contributed by atoms with E-state index in [0.717, 1.165) is 18.2 Å². The van der Waals surface area contributed by atoms with Gasteiger partial charge in [-0.3, -0.25) is 4.79 Å². The summed E-state index contributed by atoms with van der Waals surface area (Å²) in [6.45, 7) is 0. The van der Waals surface area contributed by atoms with Crippen LogP contribution in [-0.2, 0) is 17.1 Å². The van der Waals surface area contributed by atoms with Crippen LogP contribution in [0.4, 0.5) is 8.78 Å². The van der Waals surface area contributed by atoms with E-state index in [1.807, 2.05) is 0 Å². The fourth-order valence-electron chi connectivity index (χ4n) is 1.53. The van der Waals surface area contributed by atoms with Gasteiger partial charge in [-0.1, -0.05) is 0 Å². The van der Waals surface area contributed by atoms with Gasteiger partial charge in [0.25, 0.3) is 0 Å². The summed E-state index contributed by atoms with van der Waals surface area (Å²) in [5.74, 6) is -1.60. The summed E-state index contributed by atoms with van der Waals surface area (Å²) < 4.78 is 25.4. The quantitative estimate of drug-likeness (QED) is 0.404. The summed E-state index contributed by atoms with van der Waals surface area (Å²) >= 11 is 0. The Labute approximate surface area is 125 Å². The molecule has 1 N–H and O–H groups in total. The summed E-state index contributed by atoms with van der Waals surface area (Å²) in [6.07, 6.45) is 1.01. The molecule has 2 rings (SSSR count). The molecule has 0 aliphatic rings. The van der Waals surface area contributed by atoms with Crippen LogP contribution in [0, 0.1) is 11.6 Å². The van der Waals surface area contributed by atoms with Crippen LogP contribution in [0.25, 0.3) is 5.76 Å². The summed E-state index contributed by atoms with van der Waals surface area (Å²) in [6, 6.07) is 10.1. The fourth-order valence-corrected chi connectivity index (χ4v) is 1.53. The van der Waals surface area contributed by atoms with Crippen molar-refractivity contribution in [3.05, 3.63) is 77.4 Å². The topological polar surface area (TPSA) is 37.3 Å². The van der Waals surface area contributed by atoms with E-state index in [1.165, 1.54) is 36.4 Å². The number of hydrogen-bond acceptors (Lipinski definition) is 2. The van der Waals surface area contributed by atoms with Crippen molar-refractivity contribution in [2.45, 2.75) is 0 Å². The predicted molar refractivity (Wildman–Crippen MR) is 67.7 cm³/mol. The Bertz CT molecular complexity index is 619. The number of aliphatic hydroxyl groups excluding tert-OH is 1. The first-order chi connectivity index (χ1) is 9.06. The standard InChI is InChI=1S/C15H10F2O2.Cu/c16-12-5-1-10(2-6-12)14(18)9-15(19)11-3-7-13(17)8-4-11;/h1-9,18H;/b14-9-;. The van der Waals surface area contributed by atoms with Gasteiger partial charge in [-0.25, -0.2) is 8.78 Å². The molecule has 107 valence electrons. The van der Waals surface area contributed by atoms with E-state index in [9.17, 15) is 18.7 Å². The minimum absolute atomic E-state index is 0. The number of aliphatic hydroxyl groups is 1. The second-order valence-electron chi connectivity index (χ2n) is 3.91. The normalized spacial score (nSPS) is 10.8. The molecule has 0 spiro atoms. The van der Waals surface area contributed by atoms with E-state index in [4.69, 9.17) is 0 Å². The van der Waals surface area contributed by atoms with Crippen LogP contribution in [0.2, 0.25) is 0 Å². The molecular weight excluding hydrogens is 314 g/mol. The predicted octanol–water partition coefficient (Wildman–Crippen LogP) is 3.74. The van der Waals surface area contributed by atoms with Gasteiger partial charge in [0.05, 0.1) is 0 Å². The van der Waals surface area contributed by atoms with E-state index in [-0.39, 0.29) is 28.4 Å². The van der Waals surface area contributed by atoms with Gasteiger partial charge in [0.1, 0.15) is 17.4 Å². The zero-order valence-corrected chi connectivity index (χ0v) is 11.1. The van der Waals surface area contributed by atoms with Crippen molar-refractivity contribution in [1.82, 2.24) is 0 Å². The Morgan fingerprint density at radius 2 is 1.25 bits per heavy atom. The van der Waals surface area contributed by atoms with E-state index in [1.54, 1.807) is 0 Å². The van der Waals surface area contributed by atoms with Crippen LogP contribution in [0.1, 0.15) is 15.9 Å². The Kier molecular flexibility index (Phi) is 5.62. The van der Waals surface area contributed by atoms with E-state index in [2.05, 4.69) is 0 Å². The first-order valence-corrected chi connectivity index (χ1v) is 5.53. The first-order valence-electron chi connectivity index (χ1n) is 5.53. The van der Waals surface area contributed by atoms with Gasteiger partial charge in [0, 0.05) is 34.3 Å². The van der Waals surface area contributed by atoms with E-state index < -0.39 is 17.4 Å². The van der Waals surface area contributed by atoms with Gasteiger partial charge in [-0.2, -0.15) is 0 Å². The van der Waals surface area contributed by atoms with Gasteiger partial charge >= 0.3 is 0 Å². The molecule has 20 heavy (non-hydrogen) atoms. The number of allylic oxidation sites excluding steroid dienone is 1. The Morgan fingerprint density at radius 1 is 0.850 bits per heavy atom. The molecule has 0 fully saturated rings. The minimum Gasteiger partial charge on any atom is -0.507 e. The average molecular weight is 324 g/mol. The number of carbonyl (C=O) groups is 1. The Hall–Kier alpha value is -1.97. The molecular formula is C15H10CuF2O2. The molecule has 0 unspecified atom stereocenters. The molecule has 0 aliphatic carbocycles. The summed E-state index contributed by atoms with van der Waals surface area (Å²) in [7, 11) is 0. The van der Waals surface area contributed by atoms with Crippen molar-refractivity contribution < 1.29 is 35.8 Å². The molecule has 0 amide bonds. The van der Waals surface area contributed by atoms with Crippen LogP contribution in [0.5, 0.6) is 0 Å².